The molecule has 3 heterocycles. The summed E-state index contributed by atoms with van der Waals surface area (Å²) in [4.78, 5) is 26.5. The monoisotopic (exact) mass is 542 g/mol. The van der Waals surface area contributed by atoms with Gasteiger partial charge < -0.3 is 20.3 Å². The lowest BCUT2D eigenvalue weighted by Crippen LogP contribution is -2.39. The van der Waals surface area contributed by atoms with Gasteiger partial charge in [0.25, 0.3) is 0 Å². The predicted octanol–water partition coefficient (Wildman–Crippen LogP) is 5.12. The van der Waals surface area contributed by atoms with Crippen LogP contribution in [0.25, 0.3) is 16.8 Å². The molecule has 0 saturated heterocycles. The first-order valence-electron chi connectivity index (χ1n) is 13.9. The molecule has 1 unspecified atom stereocenters. The van der Waals surface area contributed by atoms with Crippen LogP contribution in [0.15, 0.2) is 48.5 Å². The number of rotatable bonds is 5. The molecule has 2 aliphatic heterocycles. The molecule has 5 rings (SSSR count). The normalized spacial score (nSPS) is 16.8. The molecule has 9 heteroatoms. The number of aryl methyl sites for hydroxylation is 2. The molecule has 0 spiro atoms. The molecule has 9 nitrogen and oxygen atoms in total. The van der Waals surface area contributed by atoms with Gasteiger partial charge in [-0.05, 0) is 74.9 Å². The van der Waals surface area contributed by atoms with Crippen LogP contribution in [0.4, 0.5) is 10.5 Å². The van der Waals surface area contributed by atoms with Crippen molar-refractivity contribution in [2.45, 2.75) is 65.1 Å². The molecule has 1 aromatic heterocycles. The first-order valence-corrected chi connectivity index (χ1v) is 13.9. The summed E-state index contributed by atoms with van der Waals surface area (Å²) >= 11 is 0. The van der Waals surface area contributed by atoms with Gasteiger partial charge >= 0.3 is 6.09 Å². The minimum Gasteiger partial charge on any atom is -0.444 e. The number of anilines is 1. The van der Waals surface area contributed by atoms with E-state index in [0.717, 1.165) is 53.2 Å². The molecular formula is C31H38N6O3. The first-order chi connectivity index (χ1) is 19.1. The van der Waals surface area contributed by atoms with E-state index >= 15 is 0 Å². The molecular weight excluding hydrogens is 504 g/mol. The second-order valence-corrected chi connectivity index (χ2v) is 11.4. The highest BCUT2D eigenvalue weighted by atomic mass is 16.6. The van der Waals surface area contributed by atoms with Crippen LogP contribution < -0.4 is 10.6 Å². The van der Waals surface area contributed by atoms with Gasteiger partial charge in [0, 0.05) is 37.9 Å². The van der Waals surface area contributed by atoms with Crippen molar-refractivity contribution in [3.05, 3.63) is 70.9 Å². The number of carbonyl (C=O) groups excluding carboxylic acids is 2. The summed E-state index contributed by atoms with van der Waals surface area (Å²) in [5, 5.41) is 15.3. The number of aromatic nitrogens is 3. The van der Waals surface area contributed by atoms with E-state index in [4.69, 9.17) is 4.74 Å². The molecule has 210 valence electrons. The summed E-state index contributed by atoms with van der Waals surface area (Å²) < 4.78 is 7.56. The summed E-state index contributed by atoms with van der Waals surface area (Å²) in [6.45, 7) is 9.51. The number of likely N-dealkylation sites (N-methyl/N-ethyl adjacent to an activating group) is 1. The van der Waals surface area contributed by atoms with Crippen LogP contribution in [-0.2, 0) is 22.5 Å². The fourth-order valence-corrected chi connectivity index (χ4v) is 5.40. The van der Waals surface area contributed by atoms with Crippen molar-refractivity contribution in [1.29, 1.82) is 0 Å². The van der Waals surface area contributed by atoms with E-state index in [1.165, 1.54) is 11.1 Å². The van der Waals surface area contributed by atoms with Gasteiger partial charge in [-0.25, -0.2) is 9.48 Å². The lowest BCUT2D eigenvalue weighted by Gasteiger charge is -2.30. The van der Waals surface area contributed by atoms with Gasteiger partial charge in [-0.1, -0.05) is 41.6 Å². The third kappa shape index (κ3) is 5.88. The van der Waals surface area contributed by atoms with Gasteiger partial charge in [0.15, 0.2) is 0 Å². The molecule has 0 fully saturated rings. The average molecular weight is 543 g/mol. The van der Waals surface area contributed by atoms with Crippen LogP contribution in [-0.4, -0.2) is 57.6 Å². The molecule has 2 N–H and O–H groups in total. The minimum absolute atomic E-state index is 0.00402. The van der Waals surface area contributed by atoms with Crippen molar-refractivity contribution in [2.75, 3.05) is 25.5 Å². The van der Waals surface area contributed by atoms with Gasteiger partial charge in [0.1, 0.15) is 5.60 Å². The number of hydrogen-bond donors (Lipinski definition) is 2. The van der Waals surface area contributed by atoms with Crippen molar-refractivity contribution in [2.24, 2.45) is 0 Å². The van der Waals surface area contributed by atoms with Crippen LogP contribution in [0.3, 0.4) is 0 Å². The summed E-state index contributed by atoms with van der Waals surface area (Å²) in [7, 11) is 1.66. The fourth-order valence-electron chi connectivity index (χ4n) is 5.40. The van der Waals surface area contributed by atoms with E-state index in [-0.39, 0.29) is 18.0 Å². The number of carbonyl (C=O) groups is 2. The molecule has 0 radical (unpaired) electrons. The van der Waals surface area contributed by atoms with Gasteiger partial charge in [0.05, 0.1) is 23.9 Å². The standard InChI is InChI=1S/C31H38N6O3/c1-20-29-24-11-10-22(21-12-15-36(16-13-21)30(39)40-31(2,3)4)18-25(24)27(14-17-37(29)35-34-20)33-26-9-7-6-8-23(26)19-28(38)32-5/h6-12,18,27,33H,13-17,19H2,1-5H3,(H,32,38). The van der Waals surface area contributed by atoms with Crippen LogP contribution in [0, 0.1) is 6.92 Å². The lowest BCUT2D eigenvalue weighted by molar-refractivity contribution is -0.119. The van der Waals surface area contributed by atoms with Crippen LogP contribution in [0.1, 0.15) is 62.0 Å². The number of nitrogens with one attached hydrogen (secondary N) is 2. The lowest BCUT2D eigenvalue weighted by atomic mass is 9.90. The molecule has 0 bridgehead atoms. The predicted molar refractivity (Wildman–Crippen MR) is 156 cm³/mol. The Labute approximate surface area is 235 Å². The number of para-hydroxylation sites is 1. The smallest absolute Gasteiger partial charge is 0.410 e. The maximum absolute atomic E-state index is 12.6. The first kappa shape index (κ1) is 27.4. The average Bonchev–Trinajstić information content (AvgIpc) is 3.22. The Morgan fingerprint density at radius 2 is 1.93 bits per heavy atom. The highest BCUT2D eigenvalue weighted by Crippen LogP contribution is 2.39. The van der Waals surface area contributed by atoms with Crippen LogP contribution >= 0.6 is 0 Å². The van der Waals surface area contributed by atoms with Crippen molar-refractivity contribution in [1.82, 2.24) is 25.2 Å². The second-order valence-electron chi connectivity index (χ2n) is 11.4. The van der Waals surface area contributed by atoms with Gasteiger partial charge in [-0.2, -0.15) is 0 Å². The molecule has 0 saturated carbocycles. The molecule has 3 aromatic rings. The third-order valence-electron chi connectivity index (χ3n) is 7.42. The Kier molecular flexibility index (Phi) is 7.65. The van der Waals surface area contributed by atoms with Crippen molar-refractivity contribution in [3.63, 3.8) is 0 Å². The SMILES string of the molecule is CNC(=O)Cc1ccccc1NC1CCn2nnc(C)c2-c2ccc(C3=CCN(C(=O)OC(C)(C)C)CC3)cc21. The maximum Gasteiger partial charge on any atom is 0.410 e. The summed E-state index contributed by atoms with van der Waals surface area (Å²) in [5.41, 5.74) is 7.98. The van der Waals surface area contributed by atoms with E-state index in [2.05, 4.69) is 45.2 Å². The topological polar surface area (TPSA) is 101 Å². The number of fused-ring (bicyclic) bond motifs is 3. The van der Waals surface area contributed by atoms with Gasteiger partial charge in [-0.3, -0.25) is 4.79 Å². The number of amides is 2. The fraction of sp³-hybridized carbons (Fsp3) is 0.419. The Hall–Kier alpha value is -4.14. The van der Waals surface area contributed by atoms with Crippen LogP contribution in [0.2, 0.25) is 0 Å². The number of hydrogen-bond acceptors (Lipinski definition) is 6. The number of benzene rings is 2. The van der Waals surface area contributed by atoms with E-state index in [1.54, 1.807) is 11.9 Å². The third-order valence-corrected chi connectivity index (χ3v) is 7.42. The van der Waals surface area contributed by atoms with E-state index in [9.17, 15) is 9.59 Å². The van der Waals surface area contributed by atoms with E-state index in [0.29, 0.717) is 19.5 Å². The highest BCUT2D eigenvalue weighted by molar-refractivity contribution is 5.80. The molecule has 0 aliphatic carbocycles. The van der Waals surface area contributed by atoms with Crippen LogP contribution in [0.5, 0.6) is 0 Å². The Bertz CT molecular complexity index is 1450. The largest absolute Gasteiger partial charge is 0.444 e. The van der Waals surface area contributed by atoms with E-state index in [1.807, 2.05) is 56.6 Å². The van der Waals surface area contributed by atoms with Crippen molar-refractivity contribution >= 4 is 23.3 Å². The second kappa shape index (κ2) is 11.2. The van der Waals surface area contributed by atoms with Crippen molar-refractivity contribution in [3.8, 4) is 11.3 Å². The molecule has 1 atom stereocenters. The summed E-state index contributed by atoms with van der Waals surface area (Å²) in [5.74, 6) is -0.0238. The maximum atomic E-state index is 12.6. The quantitative estimate of drug-likeness (QED) is 0.464. The zero-order chi connectivity index (χ0) is 28.4. The van der Waals surface area contributed by atoms with Crippen molar-refractivity contribution < 1.29 is 14.3 Å². The van der Waals surface area contributed by atoms with Gasteiger partial charge in [0.2, 0.25) is 5.91 Å². The summed E-state index contributed by atoms with van der Waals surface area (Å²) in [6.07, 6.45) is 3.73. The minimum atomic E-state index is -0.515. The molecule has 2 aromatic carbocycles. The van der Waals surface area contributed by atoms with Gasteiger partial charge in [-0.15, -0.1) is 5.10 Å². The zero-order valence-electron chi connectivity index (χ0n) is 24.0. The molecule has 2 amide bonds. The Morgan fingerprint density at radius 3 is 2.65 bits per heavy atom. The summed E-state index contributed by atoms with van der Waals surface area (Å²) in [6, 6.07) is 14.6. The molecule has 40 heavy (non-hydrogen) atoms. The number of nitrogens with zero attached hydrogens (tertiary/aromatic N) is 4. The molecule has 2 aliphatic rings. The van der Waals surface area contributed by atoms with E-state index < -0.39 is 5.60 Å². The highest BCUT2D eigenvalue weighted by Gasteiger charge is 2.28. The number of ether oxygens (including phenoxy) is 1. The zero-order valence-corrected chi connectivity index (χ0v) is 24.0. The Balaban J connectivity index is 1.47. The Morgan fingerprint density at radius 1 is 1.12 bits per heavy atom.